The molecule has 1 aliphatic rings. The largest absolute Gasteiger partial charge is 0.454 e. The van der Waals surface area contributed by atoms with E-state index in [0.29, 0.717) is 37.3 Å². The predicted molar refractivity (Wildman–Crippen MR) is 89.0 cm³/mol. The van der Waals surface area contributed by atoms with Gasteiger partial charge in [0.1, 0.15) is 0 Å². The van der Waals surface area contributed by atoms with E-state index < -0.39 is 11.7 Å². The van der Waals surface area contributed by atoms with Crippen LogP contribution in [0.5, 0.6) is 11.5 Å². The molecule has 138 valence electrons. The van der Waals surface area contributed by atoms with Gasteiger partial charge in [-0.05, 0) is 48.2 Å². The number of ether oxygens (including phenoxy) is 2. The third kappa shape index (κ3) is 4.68. The van der Waals surface area contributed by atoms with Crippen LogP contribution in [0.1, 0.15) is 23.1 Å². The molecule has 0 spiro atoms. The molecule has 0 aromatic heterocycles. The molecule has 1 heterocycles. The van der Waals surface area contributed by atoms with Gasteiger partial charge in [-0.2, -0.15) is 13.2 Å². The SMILES string of the molecule is O=C(CCc1ccc2c(c1)OCO2)NCCc1ccc(C(F)(F)F)cc1. The van der Waals surface area contributed by atoms with Gasteiger partial charge >= 0.3 is 6.18 Å². The summed E-state index contributed by atoms with van der Waals surface area (Å²) in [6.45, 7) is 0.592. The zero-order valence-corrected chi connectivity index (χ0v) is 13.9. The summed E-state index contributed by atoms with van der Waals surface area (Å²) in [5.74, 6) is 1.29. The molecule has 1 amide bonds. The summed E-state index contributed by atoms with van der Waals surface area (Å²) in [4.78, 5) is 11.9. The molecular formula is C19H18F3NO3. The highest BCUT2D eigenvalue weighted by atomic mass is 19.4. The first-order valence-electron chi connectivity index (χ1n) is 8.23. The fourth-order valence-corrected chi connectivity index (χ4v) is 2.65. The summed E-state index contributed by atoms with van der Waals surface area (Å²) in [7, 11) is 0. The Morgan fingerprint density at radius 2 is 1.65 bits per heavy atom. The number of hydrogen-bond donors (Lipinski definition) is 1. The zero-order valence-electron chi connectivity index (χ0n) is 13.9. The Morgan fingerprint density at radius 3 is 2.38 bits per heavy atom. The van der Waals surface area contributed by atoms with Crippen molar-refractivity contribution in [3.8, 4) is 11.5 Å². The van der Waals surface area contributed by atoms with E-state index in [1.54, 1.807) is 0 Å². The summed E-state index contributed by atoms with van der Waals surface area (Å²) in [6.07, 6.45) is -2.95. The molecule has 0 atom stereocenters. The first-order valence-corrected chi connectivity index (χ1v) is 8.23. The smallest absolute Gasteiger partial charge is 0.416 e. The molecule has 7 heteroatoms. The van der Waals surface area contributed by atoms with Gasteiger partial charge in [0.15, 0.2) is 11.5 Å². The van der Waals surface area contributed by atoms with Crippen LogP contribution >= 0.6 is 0 Å². The number of nitrogens with one attached hydrogen (secondary N) is 1. The Bertz CT molecular complexity index is 773. The maximum atomic E-state index is 12.5. The minimum Gasteiger partial charge on any atom is -0.454 e. The molecule has 3 rings (SSSR count). The highest BCUT2D eigenvalue weighted by Crippen LogP contribution is 2.32. The first kappa shape index (κ1) is 18.1. The lowest BCUT2D eigenvalue weighted by Gasteiger charge is -2.08. The number of amides is 1. The van der Waals surface area contributed by atoms with Gasteiger partial charge in [-0.25, -0.2) is 0 Å². The van der Waals surface area contributed by atoms with E-state index >= 15 is 0 Å². The van der Waals surface area contributed by atoms with Crippen LogP contribution in [0.4, 0.5) is 13.2 Å². The Balaban J connectivity index is 1.40. The van der Waals surface area contributed by atoms with E-state index in [1.807, 2.05) is 18.2 Å². The lowest BCUT2D eigenvalue weighted by atomic mass is 10.1. The Kier molecular flexibility index (Phi) is 5.35. The zero-order chi connectivity index (χ0) is 18.6. The average Bonchev–Trinajstić information content (AvgIpc) is 3.07. The van der Waals surface area contributed by atoms with Crippen molar-refractivity contribution in [2.45, 2.75) is 25.4 Å². The molecule has 0 saturated heterocycles. The minimum absolute atomic E-state index is 0.102. The third-order valence-electron chi connectivity index (χ3n) is 4.09. The third-order valence-corrected chi connectivity index (χ3v) is 4.09. The lowest BCUT2D eigenvalue weighted by Crippen LogP contribution is -2.25. The number of rotatable bonds is 6. The molecule has 0 bridgehead atoms. The fraction of sp³-hybridized carbons (Fsp3) is 0.316. The molecule has 0 fully saturated rings. The first-order chi connectivity index (χ1) is 12.4. The molecule has 0 unspecified atom stereocenters. The Morgan fingerprint density at radius 1 is 0.962 bits per heavy atom. The molecule has 2 aromatic rings. The normalized spacial score (nSPS) is 12.9. The number of halogens is 3. The van der Waals surface area contributed by atoms with Crippen LogP contribution < -0.4 is 14.8 Å². The van der Waals surface area contributed by atoms with Crippen molar-refractivity contribution in [2.24, 2.45) is 0 Å². The quantitative estimate of drug-likeness (QED) is 0.849. The van der Waals surface area contributed by atoms with Crippen molar-refractivity contribution in [1.29, 1.82) is 0 Å². The highest BCUT2D eigenvalue weighted by Gasteiger charge is 2.29. The van der Waals surface area contributed by atoms with Gasteiger partial charge in [-0.3, -0.25) is 4.79 Å². The highest BCUT2D eigenvalue weighted by molar-refractivity contribution is 5.76. The van der Waals surface area contributed by atoms with Crippen LogP contribution in [0.2, 0.25) is 0 Å². The number of benzene rings is 2. The second-order valence-corrected chi connectivity index (χ2v) is 5.98. The van der Waals surface area contributed by atoms with E-state index in [0.717, 1.165) is 23.3 Å². The molecule has 1 N–H and O–H groups in total. The van der Waals surface area contributed by atoms with Crippen molar-refractivity contribution >= 4 is 5.91 Å². The van der Waals surface area contributed by atoms with E-state index in [2.05, 4.69) is 5.32 Å². The van der Waals surface area contributed by atoms with Crippen molar-refractivity contribution in [2.75, 3.05) is 13.3 Å². The average molecular weight is 365 g/mol. The summed E-state index contributed by atoms with van der Waals surface area (Å²) in [6, 6.07) is 10.5. The summed E-state index contributed by atoms with van der Waals surface area (Å²) < 4.78 is 48.0. The summed E-state index contributed by atoms with van der Waals surface area (Å²) in [5.41, 5.74) is 1.05. The number of carbonyl (C=O) groups excluding carboxylic acids is 1. The maximum absolute atomic E-state index is 12.5. The van der Waals surface area contributed by atoms with E-state index in [-0.39, 0.29) is 12.7 Å². The standard InChI is InChI=1S/C19H18F3NO3/c20-19(21,22)15-5-1-13(2-6-15)9-10-23-18(24)8-4-14-3-7-16-17(11-14)26-12-25-16/h1-3,5-7,11H,4,8-10,12H2,(H,23,24). The van der Waals surface area contributed by atoms with Gasteiger partial charge < -0.3 is 14.8 Å². The predicted octanol–water partition coefficient (Wildman–Crippen LogP) is 3.73. The van der Waals surface area contributed by atoms with Crippen LogP contribution in [0.25, 0.3) is 0 Å². The molecule has 0 aliphatic carbocycles. The second-order valence-electron chi connectivity index (χ2n) is 5.98. The van der Waals surface area contributed by atoms with Crippen LogP contribution in [0, 0.1) is 0 Å². The number of aryl methyl sites for hydroxylation is 1. The minimum atomic E-state index is -4.33. The number of hydrogen-bond acceptors (Lipinski definition) is 3. The number of fused-ring (bicyclic) bond motifs is 1. The van der Waals surface area contributed by atoms with Gasteiger partial charge in [0.05, 0.1) is 5.56 Å². The van der Waals surface area contributed by atoms with E-state index in [1.165, 1.54) is 12.1 Å². The Labute approximate surface area is 148 Å². The monoisotopic (exact) mass is 365 g/mol. The van der Waals surface area contributed by atoms with Crippen LogP contribution in [0.15, 0.2) is 42.5 Å². The van der Waals surface area contributed by atoms with Crippen LogP contribution in [-0.2, 0) is 23.8 Å². The van der Waals surface area contributed by atoms with Crippen molar-refractivity contribution in [3.63, 3.8) is 0 Å². The summed E-state index contributed by atoms with van der Waals surface area (Å²) in [5, 5.41) is 2.78. The fourth-order valence-electron chi connectivity index (χ4n) is 2.65. The summed E-state index contributed by atoms with van der Waals surface area (Å²) >= 11 is 0. The lowest BCUT2D eigenvalue weighted by molar-refractivity contribution is -0.137. The van der Waals surface area contributed by atoms with Crippen molar-refractivity contribution < 1.29 is 27.4 Å². The number of alkyl halides is 3. The van der Waals surface area contributed by atoms with Crippen LogP contribution in [0.3, 0.4) is 0 Å². The van der Waals surface area contributed by atoms with Gasteiger partial charge in [-0.15, -0.1) is 0 Å². The molecule has 0 radical (unpaired) electrons. The van der Waals surface area contributed by atoms with Gasteiger partial charge in [0, 0.05) is 13.0 Å². The van der Waals surface area contributed by atoms with E-state index in [4.69, 9.17) is 9.47 Å². The molecule has 26 heavy (non-hydrogen) atoms. The van der Waals surface area contributed by atoms with Gasteiger partial charge in [-0.1, -0.05) is 18.2 Å². The van der Waals surface area contributed by atoms with Crippen LogP contribution in [-0.4, -0.2) is 19.2 Å². The maximum Gasteiger partial charge on any atom is 0.416 e. The molecule has 2 aromatic carbocycles. The van der Waals surface area contributed by atoms with Crippen molar-refractivity contribution in [1.82, 2.24) is 5.32 Å². The van der Waals surface area contributed by atoms with Gasteiger partial charge in [0.25, 0.3) is 0 Å². The van der Waals surface area contributed by atoms with E-state index in [9.17, 15) is 18.0 Å². The molecule has 4 nitrogen and oxygen atoms in total. The van der Waals surface area contributed by atoms with Gasteiger partial charge in [0.2, 0.25) is 12.7 Å². The van der Waals surface area contributed by atoms with Crippen molar-refractivity contribution in [3.05, 3.63) is 59.2 Å². The topological polar surface area (TPSA) is 47.6 Å². The molecular weight excluding hydrogens is 347 g/mol. The second kappa shape index (κ2) is 7.68. The molecule has 1 aliphatic heterocycles. The molecule has 0 saturated carbocycles. The number of carbonyl (C=O) groups is 1. The Hall–Kier alpha value is -2.70.